The molecule has 0 saturated heterocycles. The molecule has 100 valence electrons. The zero-order valence-corrected chi connectivity index (χ0v) is 10.7. The van der Waals surface area contributed by atoms with Crippen molar-refractivity contribution in [2.45, 2.75) is 6.92 Å². The number of carbonyl (C=O) groups is 1. The van der Waals surface area contributed by atoms with E-state index in [9.17, 15) is 13.6 Å². The molecule has 0 atom stereocenters. The van der Waals surface area contributed by atoms with Gasteiger partial charge in [-0.2, -0.15) is 0 Å². The summed E-state index contributed by atoms with van der Waals surface area (Å²) >= 11 is 0. The lowest BCUT2D eigenvalue weighted by Gasteiger charge is -2.02. The molecule has 20 heavy (non-hydrogen) atoms. The molecule has 3 rings (SSSR count). The van der Waals surface area contributed by atoms with Gasteiger partial charge in [0.1, 0.15) is 11.6 Å². The third kappa shape index (κ3) is 1.90. The van der Waals surface area contributed by atoms with Gasteiger partial charge in [-0.15, -0.1) is 0 Å². The maximum Gasteiger partial charge on any atom is 0.152 e. The molecule has 0 unspecified atom stereocenters. The normalized spacial score (nSPS) is 10.9. The first-order valence-corrected chi connectivity index (χ1v) is 6.13. The summed E-state index contributed by atoms with van der Waals surface area (Å²) in [7, 11) is 0. The Balaban J connectivity index is 2.33. The van der Waals surface area contributed by atoms with Gasteiger partial charge in [-0.25, -0.2) is 8.78 Å². The lowest BCUT2D eigenvalue weighted by atomic mass is 10.0. The number of benzene rings is 2. The van der Waals surface area contributed by atoms with Crippen molar-refractivity contribution in [1.29, 1.82) is 0 Å². The van der Waals surface area contributed by atoms with Crippen molar-refractivity contribution < 1.29 is 13.6 Å². The van der Waals surface area contributed by atoms with Crippen molar-refractivity contribution in [2.24, 2.45) is 0 Å². The Morgan fingerprint density at radius 1 is 1.10 bits per heavy atom. The molecule has 0 radical (unpaired) electrons. The van der Waals surface area contributed by atoms with Gasteiger partial charge in [0.2, 0.25) is 0 Å². The molecule has 0 amide bonds. The molecule has 0 aliphatic heterocycles. The summed E-state index contributed by atoms with van der Waals surface area (Å²) in [6.07, 6.45) is 0.691. The number of aryl methyl sites for hydroxylation is 1. The third-order valence-electron chi connectivity index (χ3n) is 3.31. The molecule has 1 aromatic heterocycles. The Morgan fingerprint density at radius 2 is 1.90 bits per heavy atom. The van der Waals surface area contributed by atoms with E-state index in [-0.39, 0.29) is 5.56 Å². The van der Waals surface area contributed by atoms with Crippen LogP contribution in [0.15, 0.2) is 36.4 Å². The highest BCUT2D eigenvalue weighted by Gasteiger charge is 2.16. The van der Waals surface area contributed by atoms with Crippen LogP contribution < -0.4 is 0 Å². The number of aromatic amines is 1. The molecular formula is C16H11F2NO. The Kier molecular flexibility index (Phi) is 2.86. The number of halogens is 2. The van der Waals surface area contributed by atoms with Crippen LogP contribution in [0.2, 0.25) is 0 Å². The van der Waals surface area contributed by atoms with E-state index in [4.69, 9.17) is 0 Å². The summed E-state index contributed by atoms with van der Waals surface area (Å²) in [5.74, 6) is -1.35. The van der Waals surface area contributed by atoms with E-state index in [1.807, 2.05) is 25.1 Å². The lowest BCUT2D eigenvalue weighted by Crippen LogP contribution is -1.90. The molecule has 0 saturated carbocycles. The van der Waals surface area contributed by atoms with Gasteiger partial charge in [0.15, 0.2) is 6.29 Å². The predicted octanol–water partition coefficient (Wildman–Crippen LogP) is 4.23. The minimum Gasteiger partial charge on any atom is -0.354 e. The van der Waals surface area contributed by atoms with Crippen LogP contribution >= 0.6 is 0 Å². The smallest absolute Gasteiger partial charge is 0.152 e. The molecule has 4 heteroatoms. The number of H-pyrrole nitrogens is 1. The number of hydrogen-bond donors (Lipinski definition) is 1. The standard InChI is InChI=1S/C16H11F2NO/c1-9-2-5-15-12(6-9)13(8-20)16(19-15)11-4-3-10(17)7-14(11)18/h2-8,19H,1H3. The number of carbonyl (C=O) groups excluding carboxylic acids is 1. The van der Waals surface area contributed by atoms with Gasteiger partial charge in [-0.05, 0) is 31.2 Å². The van der Waals surface area contributed by atoms with Crippen LogP contribution in [0.5, 0.6) is 0 Å². The fourth-order valence-electron chi connectivity index (χ4n) is 2.35. The van der Waals surface area contributed by atoms with Crippen molar-refractivity contribution in [2.75, 3.05) is 0 Å². The van der Waals surface area contributed by atoms with Crippen LogP contribution in [0.3, 0.4) is 0 Å². The molecule has 0 aliphatic rings. The number of rotatable bonds is 2. The van der Waals surface area contributed by atoms with Gasteiger partial charge >= 0.3 is 0 Å². The average Bonchev–Trinajstić information content (AvgIpc) is 2.76. The Hall–Kier alpha value is -2.49. The summed E-state index contributed by atoms with van der Waals surface area (Å²) in [4.78, 5) is 14.4. The van der Waals surface area contributed by atoms with Crippen molar-refractivity contribution in [3.63, 3.8) is 0 Å². The topological polar surface area (TPSA) is 32.9 Å². The number of aldehydes is 1. The van der Waals surface area contributed by atoms with Gasteiger partial charge in [0.25, 0.3) is 0 Å². The first kappa shape index (κ1) is 12.5. The average molecular weight is 271 g/mol. The molecule has 0 fully saturated rings. The third-order valence-corrected chi connectivity index (χ3v) is 3.31. The number of aromatic nitrogens is 1. The van der Waals surface area contributed by atoms with Crippen LogP contribution in [0.25, 0.3) is 22.2 Å². The van der Waals surface area contributed by atoms with Crippen molar-refractivity contribution >= 4 is 17.2 Å². The van der Waals surface area contributed by atoms with E-state index in [2.05, 4.69) is 4.98 Å². The maximum atomic E-state index is 13.9. The largest absolute Gasteiger partial charge is 0.354 e. The molecule has 0 spiro atoms. The summed E-state index contributed by atoms with van der Waals surface area (Å²) in [5.41, 5.74) is 2.69. The molecule has 3 aromatic rings. The fourth-order valence-corrected chi connectivity index (χ4v) is 2.35. The highest BCUT2D eigenvalue weighted by Crippen LogP contribution is 2.31. The number of fused-ring (bicyclic) bond motifs is 1. The second kappa shape index (κ2) is 4.56. The van der Waals surface area contributed by atoms with E-state index in [0.29, 0.717) is 17.5 Å². The summed E-state index contributed by atoms with van der Waals surface area (Å²) < 4.78 is 26.9. The molecule has 1 heterocycles. The van der Waals surface area contributed by atoms with Crippen molar-refractivity contribution in [1.82, 2.24) is 4.98 Å². The van der Waals surface area contributed by atoms with E-state index in [0.717, 1.165) is 22.5 Å². The van der Waals surface area contributed by atoms with Gasteiger partial charge in [-0.1, -0.05) is 11.6 Å². The van der Waals surface area contributed by atoms with E-state index >= 15 is 0 Å². The molecule has 2 aromatic carbocycles. The van der Waals surface area contributed by atoms with Gasteiger partial charge in [-0.3, -0.25) is 4.79 Å². The highest BCUT2D eigenvalue weighted by atomic mass is 19.1. The van der Waals surface area contributed by atoms with E-state index in [1.54, 1.807) is 0 Å². The minimum absolute atomic E-state index is 0.183. The van der Waals surface area contributed by atoms with Crippen LogP contribution in [0.1, 0.15) is 15.9 Å². The Bertz CT molecular complexity index is 821. The zero-order valence-electron chi connectivity index (χ0n) is 10.7. The summed E-state index contributed by atoms with van der Waals surface area (Å²) in [5, 5.41) is 0.735. The summed E-state index contributed by atoms with van der Waals surface area (Å²) in [6.45, 7) is 1.92. The van der Waals surface area contributed by atoms with E-state index < -0.39 is 11.6 Å². The monoisotopic (exact) mass is 271 g/mol. The highest BCUT2D eigenvalue weighted by molar-refractivity contribution is 6.04. The Labute approximate surface area is 114 Å². The lowest BCUT2D eigenvalue weighted by molar-refractivity contribution is 0.112. The SMILES string of the molecule is Cc1ccc2[nH]c(-c3ccc(F)cc3F)c(C=O)c2c1. The van der Waals surface area contributed by atoms with Gasteiger partial charge in [0, 0.05) is 28.1 Å². The molecular weight excluding hydrogens is 260 g/mol. The maximum absolute atomic E-state index is 13.9. The minimum atomic E-state index is -0.698. The zero-order chi connectivity index (χ0) is 14.3. The second-order valence-corrected chi connectivity index (χ2v) is 4.70. The quantitative estimate of drug-likeness (QED) is 0.695. The Morgan fingerprint density at radius 3 is 2.60 bits per heavy atom. The first-order chi connectivity index (χ1) is 9.60. The predicted molar refractivity (Wildman–Crippen MR) is 73.8 cm³/mol. The van der Waals surface area contributed by atoms with Crippen LogP contribution in [-0.2, 0) is 0 Å². The second-order valence-electron chi connectivity index (χ2n) is 4.70. The van der Waals surface area contributed by atoms with Crippen LogP contribution in [-0.4, -0.2) is 11.3 Å². The summed E-state index contributed by atoms with van der Waals surface area (Å²) in [6, 6.07) is 8.90. The van der Waals surface area contributed by atoms with Gasteiger partial charge < -0.3 is 4.98 Å². The number of nitrogens with one attached hydrogen (secondary N) is 1. The van der Waals surface area contributed by atoms with E-state index in [1.165, 1.54) is 12.1 Å². The van der Waals surface area contributed by atoms with Crippen LogP contribution in [0, 0.1) is 18.6 Å². The van der Waals surface area contributed by atoms with Crippen molar-refractivity contribution in [3.8, 4) is 11.3 Å². The molecule has 0 aliphatic carbocycles. The molecule has 0 bridgehead atoms. The molecule has 2 nitrogen and oxygen atoms in total. The first-order valence-electron chi connectivity index (χ1n) is 6.13. The van der Waals surface area contributed by atoms with Crippen LogP contribution in [0.4, 0.5) is 8.78 Å². The van der Waals surface area contributed by atoms with Crippen molar-refractivity contribution in [3.05, 3.63) is 59.2 Å². The van der Waals surface area contributed by atoms with Gasteiger partial charge in [0.05, 0.1) is 5.69 Å². The fraction of sp³-hybridized carbons (Fsp3) is 0.0625. The molecule has 1 N–H and O–H groups in total. The number of hydrogen-bond acceptors (Lipinski definition) is 1.